The van der Waals surface area contributed by atoms with Crippen LogP contribution in [0.2, 0.25) is 0 Å². The number of furan rings is 1. The topological polar surface area (TPSA) is 138 Å². The minimum atomic E-state index is -3.72. The molecule has 0 saturated carbocycles. The zero-order valence-electron chi connectivity index (χ0n) is 16.5. The third kappa shape index (κ3) is 6.39. The predicted molar refractivity (Wildman–Crippen MR) is 117 cm³/mol. The van der Waals surface area contributed by atoms with Gasteiger partial charge in [0.25, 0.3) is 5.91 Å². The fourth-order valence-electron chi connectivity index (χ4n) is 2.43. The molecule has 0 atom stereocenters. The zero-order valence-corrected chi connectivity index (χ0v) is 18.1. The zero-order chi connectivity index (χ0) is 23.0. The molecule has 2 aromatic heterocycles. The lowest BCUT2D eigenvalue weighted by atomic mass is 10.2. The Morgan fingerprint density at radius 2 is 1.97 bits per heavy atom. The molecule has 0 bridgehead atoms. The second-order valence-electron chi connectivity index (χ2n) is 6.24. The van der Waals surface area contributed by atoms with E-state index in [0.717, 1.165) is 6.08 Å². The average Bonchev–Trinajstić information content (AvgIpc) is 3.47. The Kier molecular flexibility index (Phi) is 7.56. The first kappa shape index (κ1) is 23.0. The van der Waals surface area contributed by atoms with E-state index in [1.165, 1.54) is 47.9 Å². The van der Waals surface area contributed by atoms with Gasteiger partial charge in [-0.25, -0.2) is 17.9 Å². The molecule has 0 aliphatic carbocycles. The number of amides is 1. The summed E-state index contributed by atoms with van der Waals surface area (Å²) in [6.45, 7) is -0.481. The molecule has 0 aliphatic rings. The summed E-state index contributed by atoms with van der Waals surface area (Å²) in [7, 11) is -3.72. The maximum absolute atomic E-state index is 12.3. The Labute approximate surface area is 188 Å². The second-order valence-corrected chi connectivity index (χ2v) is 8.92. The SMILES string of the molecule is N#Cc1ccsc1NC(=O)COC(=O)/C=C/c1ccc(S(=O)(=O)NCc2ccco2)cc1. The van der Waals surface area contributed by atoms with Crippen LogP contribution in [0.3, 0.4) is 0 Å². The van der Waals surface area contributed by atoms with E-state index in [1.807, 2.05) is 6.07 Å². The van der Waals surface area contributed by atoms with Crippen LogP contribution in [0, 0.1) is 11.3 Å². The van der Waals surface area contributed by atoms with E-state index in [1.54, 1.807) is 23.6 Å². The van der Waals surface area contributed by atoms with Crippen LogP contribution < -0.4 is 10.0 Å². The number of esters is 1. The number of anilines is 1. The first-order valence-electron chi connectivity index (χ1n) is 9.12. The largest absolute Gasteiger partial charge is 0.468 e. The van der Waals surface area contributed by atoms with Crippen LogP contribution in [0.25, 0.3) is 6.08 Å². The number of hydrogen-bond donors (Lipinski definition) is 2. The van der Waals surface area contributed by atoms with Crippen LogP contribution in [0.4, 0.5) is 5.00 Å². The summed E-state index contributed by atoms with van der Waals surface area (Å²) in [5.41, 5.74) is 0.893. The summed E-state index contributed by atoms with van der Waals surface area (Å²) in [4.78, 5) is 23.7. The molecule has 1 amide bonds. The highest BCUT2D eigenvalue weighted by Gasteiger charge is 2.14. The Balaban J connectivity index is 1.48. The van der Waals surface area contributed by atoms with Gasteiger partial charge in [-0.3, -0.25) is 4.79 Å². The average molecular weight is 472 g/mol. The van der Waals surface area contributed by atoms with Gasteiger partial charge in [0.15, 0.2) is 6.61 Å². The van der Waals surface area contributed by atoms with Gasteiger partial charge in [0, 0.05) is 6.08 Å². The standard InChI is InChI=1S/C21H17N3O6S2/c22-12-16-9-11-31-21(16)24-19(25)14-30-20(26)8-5-15-3-6-18(7-4-15)32(27,28)23-13-17-2-1-10-29-17/h1-11,23H,13-14H2,(H,24,25)/b8-5+. The molecule has 0 aliphatic heterocycles. The number of ether oxygens (including phenoxy) is 1. The van der Waals surface area contributed by atoms with E-state index in [2.05, 4.69) is 10.0 Å². The summed E-state index contributed by atoms with van der Waals surface area (Å²) in [6.07, 6.45) is 4.01. The Hall–Kier alpha value is -3.72. The number of rotatable bonds is 9. The molecule has 0 unspecified atom stereocenters. The number of carbonyl (C=O) groups is 2. The normalized spacial score (nSPS) is 11.2. The van der Waals surface area contributed by atoms with Crippen LogP contribution in [0.1, 0.15) is 16.9 Å². The van der Waals surface area contributed by atoms with Gasteiger partial charge in [-0.15, -0.1) is 11.3 Å². The number of benzene rings is 1. The van der Waals surface area contributed by atoms with E-state index in [-0.39, 0.29) is 11.4 Å². The van der Waals surface area contributed by atoms with Gasteiger partial charge in [0.1, 0.15) is 16.8 Å². The third-order valence-corrected chi connectivity index (χ3v) is 6.25. The molecular weight excluding hydrogens is 454 g/mol. The molecule has 2 N–H and O–H groups in total. The number of nitrogens with one attached hydrogen (secondary N) is 2. The molecule has 32 heavy (non-hydrogen) atoms. The summed E-state index contributed by atoms with van der Waals surface area (Å²) in [5.74, 6) is -0.827. The molecule has 3 rings (SSSR count). The summed E-state index contributed by atoms with van der Waals surface area (Å²) in [5, 5.41) is 13.5. The Bertz CT molecular complexity index is 1250. The van der Waals surface area contributed by atoms with Crippen molar-refractivity contribution in [2.24, 2.45) is 0 Å². The lowest BCUT2D eigenvalue weighted by Crippen LogP contribution is -2.22. The van der Waals surface area contributed by atoms with Crippen molar-refractivity contribution in [3.63, 3.8) is 0 Å². The fraction of sp³-hybridized carbons (Fsp3) is 0.0952. The lowest BCUT2D eigenvalue weighted by molar-refractivity contribution is -0.142. The molecule has 2 heterocycles. The number of thiophene rings is 1. The van der Waals surface area contributed by atoms with Gasteiger partial charge in [-0.05, 0) is 47.4 Å². The quantitative estimate of drug-likeness (QED) is 0.361. The van der Waals surface area contributed by atoms with Crippen LogP contribution in [-0.4, -0.2) is 26.9 Å². The molecular formula is C21H17N3O6S2. The number of nitriles is 1. The number of nitrogens with zero attached hydrogens (tertiary/aromatic N) is 1. The van der Waals surface area contributed by atoms with Gasteiger partial charge >= 0.3 is 5.97 Å². The molecule has 0 fully saturated rings. The van der Waals surface area contributed by atoms with Crippen molar-refractivity contribution in [3.05, 3.63) is 77.1 Å². The Morgan fingerprint density at radius 3 is 2.66 bits per heavy atom. The highest BCUT2D eigenvalue weighted by atomic mass is 32.2. The van der Waals surface area contributed by atoms with E-state index in [4.69, 9.17) is 14.4 Å². The van der Waals surface area contributed by atoms with Crippen molar-refractivity contribution in [1.82, 2.24) is 4.72 Å². The van der Waals surface area contributed by atoms with Crippen molar-refractivity contribution >= 4 is 44.3 Å². The monoisotopic (exact) mass is 471 g/mol. The van der Waals surface area contributed by atoms with E-state index >= 15 is 0 Å². The van der Waals surface area contributed by atoms with Gasteiger partial charge in [0.05, 0.1) is 23.3 Å². The molecule has 3 aromatic rings. The highest BCUT2D eigenvalue weighted by molar-refractivity contribution is 7.89. The maximum atomic E-state index is 12.3. The molecule has 0 spiro atoms. The van der Waals surface area contributed by atoms with E-state index in [0.29, 0.717) is 21.9 Å². The fourth-order valence-corrected chi connectivity index (χ4v) is 4.17. The van der Waals surface area contributed by atoms with Crippen LogP contribution >= 0.6 is 11.3 Å². The minimum absolute atomic E-state index is 0.0285. The van der Waals surface area contributed by atoms with Crippen LogP contribution in [-0.2, 0) is 30.9 Å². The van der Waals surface area contributed by atoms with Crippen molar-refractivity contribution in [1.29, 1.82) is 5.26 Å². The van der Waals surface area contributed by atoms with Crippen molar-refractivity contribution in [2.45, 2.75) is 11.4 Å². The van der Waals surface area contributed by atoms with Gasteiger partial charge < -0.3 is 14.5 Å². The van der Waals surface area contributed by atoms with Crippen LogP contribution in [0.5, 0.6) is 0 Å². The summed E-state index contributed by atoms with van der Waals surface area (Å²) in [6, 6.07) is 12.7. The minimum Gasteiger partial charge on any atom is -0.468 e. The first-order chi connectivity index (χ1) is 15.4. The van der Waals surface area contributed by atoms with Gasteiger partial charge in [-0.1, -0.05) is 12.1 Å². The van der Waals surface area contributed by atoms with Crippen molar-refractivity contribution in [2.75, 3.05) is 11.9 Å². The second kappa shape index (κ2) is 10.5. The summed E-state index contributed by atoms with van der Waals surface area (Å²) >= 11 is 1.19. The highest BCUT2D eigenvalue weighted by Crippen LogP contribution is 2.21. The number of carbonyl (C=O) groups excluding carboxylic acids is 2. The number of sulfonamides is 1. The molecule has 164 valence electrons. The maximum Gasteiger partial charge on any atom is 0.331 e. The lowest BCUT2D eigenvalue weighted by Gasteiger charge is -2.06. The predicted octanol–water partition coefficient (Wildman–Crippen LogP) is 2.89. The molecule has 0 radical (unpaired) electrons. The Morgan fingerprint density at radius 1 is 1.19 bits per heavy atom. The molecule has 9 nitrogen and oxygen atoms in total. The third-order valence-electron chi connectivity index (χ3n) is 4.00. The first-order valence-corrected chi connectivity index (χ1v) is 11.5. The molecule has 0 saturated heterocycles. The van der Waals surface area contributed by atoms with E-state index in [9.17, 15) is 18.0 Å². The summed E-state index contributed by atoms with van der Waals surface area (Å²) < 4.78 is 37.0. The number of hydrogen-bond acceptors (Lipinski definition) is 8. The van der Waals surface area contributed by atoms with Gasteiger partial charge in [-0.2, -0.15) is 5.26 Å². The van der Waals surface area contributed by atoms with E-state index < -0.39 is 28.5 Å². The van der Waals surface area contributed by atoms with Crippen molar-refractivity contribution < 1.29 is 27.2 Å². The molecule has 11 heteroatoms. The molecule has 1 aromatic carbocycles. The van der Waals surface area contributed by atoms with Crippen molar-refractivity contribution in [3.8, 4) is 6.07 Å². The van der Waals surface area contributed by atoms with Crippen LogP contribution in [0.15, 0.2) is 69.5 Å². The smallest absolute Gasteiger partial charge is 0.331 e. The van der Waals surface area contributed by atoms with Gasteiger partial charge in [0.2, 0.25) is 10.0 Å².